The summed E-state index contributed by atoms with van der Waals surface area (Å²) in [5, 5.41) is 0.150. The summed E-state index contributed by atoms with van der Waals surface area (Å²) < 4.78 is 27.3. The van der Waals surface area contributed by atoms with Gasteiger partial charge in [0, 0.05) is 30.9 Å². The van der Waals surface area contributed by atoms with Crippen LogP contribution in [-0.2, 0) is 16.4 Å². The van der Waals surface area contributed by atoms with E-state index in [9.17, 15) is 13.2 Å². The van der Waals surface area contributed by atoms with Crippen molar-refractivity contribution in [1.29, 1.82) is 0 Å². The maximum absolute atomic E-state index is 13.1. The third-order valence-corrected chi connectivity index (χ3v) is 7.60. The summed E-state index contributed by atoms with van der Waals surface area (Å²) in [7, 11) is -3.69. The van der Waals surface area contributed by atoms with E-state index in [0.717, 1.165) is 36.9 Å². The summed E-state index contributed by atoms with van der Waals surface area (Å²) in [6.07, 6.45) is 3.52. The van der Waals surface area contributed by atoms with E-state index < -0.39 is 10.0 Å². The molecule has 0 unspecified atom stereocenters. The Hall–Kier alpha value is -1.89. The first-order valence-corrected chi connectivity index (χ1v) is 11.0. The minimum absolute atomic E-state index is 0.0159. The third-order valence-electron chi connectivity index (χ3n) is 5.22. The smallest absolute Gasteiger partial charge is 0.258 e. The van der Waals surface area contributed by atoms with Crippen molar-refractivity contribution in [3.63, 3.8) is 0 Å². The highest BCUT2D eigenvalue weighted by molar-refractivity contribution is 7.89. The molecule has 5 nitrogen and oxygen atoms in total. The van der Waals surface area contributed by atoms with E-state index in [0.29, 0.717) is 25.2 Å². The molecule has 142 valence electrons. The van der Waals surface area contributed by atoms with Crippen LogP contribution in [0.25, 0.3) is 0 Å². The number of carbonyl (C=O) groups excluding carboxylic acids is 1. The van der Waals surface area contributed by atoms with Gasteiger partial charge in [0.1, 0.15) is 4.90 Å². The van der Waals surface area contributed by atoms with E-state index >= 15 is 0 Å². The zero-order valence-electron chi connectivity index (χ0n) is 14.9. The molecule has 0 radical (unpaired) electrons. The molecule has 27 heavy (non-hydrogen) atoms. The maximum Gasteiger partial charge on any atom is 0.258 e. The molecule has 2 aliphatic heterocycles. The fraction of sp³-hybridized carbons (Fsp3) is 0.350. The van der Waals surface area contributed by atoms with Crippen molar-refractivity contribution >= 4 is 33.2 Å². The highest BCUT2D eigenvalue weighted by Gasteiger charge is 2.31. The van der Waals surface area contributed by atoms with Crippen molar-refractivity contribution in [3.8, 4) is 0 Å². The highest BCUT2D eigenvalue weighted by Crippen LogP contribution is 2.31. The first kappa shape index (κ1) is 18.5. The first-order valence-electron chi connectivity index (χ1n) is 9.18. The second-order valence-corrected chi connectivity index (χ2v) is 9.26. The lowest BCUT2D eigenvalue weighted by Crippen LogP contribution is -2.35. The van der Waals surface area contributed by atoms with Crippen molar-refractivity contribution in [2.45, 2.75) is 30.6 Å². The van der Waals surface area contributed by atoms with Crippen LogP contribution in [0.3, 0.4) is 0 Å². The van der Waals surface area contributed by atoms with Crippen LogP contribution in [-0.4, -0.2) is 38.3 Å². The molecule has 2 heterocycles. The van der Waals surface area contributed by atoms with Gasteiger partial charge in [-0.1, -0.05) is 29.8 Å². The van der Waals surface area contributed by atoms with Crippen molar-refractivity contribution < 1.29 is 13.2 Å². The van der Waals surface area contributed by atoms with Crippen LogP contribution < -0.4 is 4.90 Å². The minimum atomic E-state index is -3.69. The van der Waals surface area contributed by atoms with Gasteiger partial charge in [-0.15, -0.1) is 0 Å². The molecule has 0 saturated carbocycles. The Morgan fingerprint density at radius 3 is 2.48 bits per heavy atom. The number of hydrogen-bond donors (Lipinski definition) is 0. The number of benzene rings is 2. The molecule has 7 heteroatoms. The molecule has 1 amide bonds. The van der Waals surface area contributed by atoms with Gasteiger partial charge in [-0.05, 0) is 55.5 Å². The quantitative estimate of drug-likeness (QED) is 0.783. The van der Waals surface area contributed by atoms with E-state index in [1.807, 2.05) is 24.3 Å². The average molecular weight is 405 g/mol. The summed E-state index contributed by atoms with van der Waals surface area (Å²) in [6, 6.07) is 12.4. The van der Waals surface area contributed by atoms with Gasteiger partial charge in [-0.2, -0.15) is 4.31 Å². The zero-order valence-corrected chi connectivity index (χ0v) is 16.5. The number of para-hydroxylation sites is 1. The van der Waals surface area contributed by atoms with Crippen LogP contribution in [0.15, 0.2) is 47.4 Å². The summed E-state index contributed by atoms with van der Waals surface area (Å²) >= 11 is 6.20. The van der Waals surface area contributed by atoms with E-state index in [4.69, 9.17) is 11.6 Å². The molecule has 0 bridgehead atoms. The molecule has 1 fully saturated rings. The summed E-state index contributed by atoms with van der Waals surface area (Å²) in [4.78, 5) is 14.9. The van der Waals surface area contributed by atoms with Gasteiger partial charge in [0.05, 0.1) is 5.02 Å². The molecular weight excluding hydrogens is 384 g/mol. The number of hydrogen-bond acceptors (Lipinski definition) is 3. The van der Waals surface area contributed by atoms with Crippen molar-refractivity contribution in [3.05, 3.63) is 58.6 Å². The predicted molar refractivity (Wildman–Crippen MR) is 106 cm³/mol. The second-order valence-electron chi connectivity index (χ2n) is 6.95. The number of anilines is 1. The molecule has 0 aliphatic carbocycles. The van der Waals surface area contributed by atoms with Crippen LogP contribution >= 0.6 is 11.6 Å². The van der Waals surface area contributed by atoms with Crippen LogP contribution in [0.5, 0.6) is 0 Å². The van der Waals surface area contributed by atoms with E-state index in [1.165, 1.54) is 16.4 Å². The molecule has 2 aliphatic rings. The summed E-state index contributed by atoms with van der Waals surface area (Å²) in [5.41, 5.74) is 2.37. The molecule has 0 aromatic heterocycles. The maximum atomic E-state index is 13.1. The van der Waals surface area contributed by atoms with Gasteiger partial charge in [0.15, 0.2) is 0 Å². The highest BCUT2D eigenvalue weighted by atomic mass is 35.5. The largest absolute Gasteiger partial charge is 0.308 e. The van der Waals surface area contributed by atoms with Gasteiger partial charge in [-0.25, -0.2) is 8.42 Å². The molecule has 4 rings (SSSR count). The third kappa shape index (κ3) is 3.37. The molecule has 2 aromatic rings. The van der Waals surface area contributed by atoms with Crippen molar-refractivity contribution in [2.75, 3.05) is 24.5 Å². The second kappa shape index (κ2) is 7.26. The Morgan fingerprint density at radius 1 is 0.963 bits per heavy atom. The summed E-state index contributed by atoms with van der Waals surface area (Å²) in [5.74, 6) is -0.198. The molecule has 0 atom stereocenters. The molecule has 2 aromatic carbocycles. The lowest BCUT2D eigenvalue weighted by atomic mass is 10.0. The van der Waals surface area contributed by atoms with Gasteiger partial charge < -0.3 is 4.90 Å². The van der Waals surface area contributed by atoms with Gasteiger partial charge in [-0.3, -0.25) is 4.79 Å². The number of fused-ring (bicyclic) bond motifs is 1. The molecule has 0 spiro atoms. The Morgan fingerprint density at radius 2 is 1.70 bits per heavy atom. The normalized spacial score (nSPS) is 17.7. The average Bonchev–Trinajstić information content (AvgIpc) is 3.23. The first-order chi connectivity index (χ1) is 13.0. The number of amides is 1. The van der Waals surface area contributed by atoms with Gasteiger partial charge in [0.2, 0.25) is 10.0 Å². The monoisotopic (exact) mass is 404 g/mol. The van der Waals surface area contributed by atoms with Crippen LogP contribution in [0.4, 0.5) is 5.69 Å². The topological polar surface area (TPSA) is 57.7 Å². The zero-order chi connectivity index (χ0) is 19.0. The Bertz CT molecular complexity index is 984. The number of carbonyl (C=O) groups is 1. The predicted octanol–water partition coefficient (Wildman–Crippen LogP) is 3.72. The minimum Gasteiger partial charge on any atom is -0.308 e. The number of halogens is 1. The number of rotatable bonds is 3. The fourth-order valence-corrected chi connectivity index (χ4v) is 5.82. The number of nitrogens with zero attached hydrogens (tertiary/aromatic N) is 2. The Kier molecular flexibility index (Phi) is 4.97. The fourth-order valence-electron chi connectivity index (χ4n) is 3.80. The SMILES string of the molecule is O=C(c1ccc(Cl)c(S(=O)(=O)N2CCCC2)c1)N1CCCc2ccccc21. The molecular formula is C20H21ClN2O3S. The lowest BCUT2D eigenvalue weighted by Gasteiger charge is -2.29. The van der Waals surface area contributed by atoms with E-state index in [2.05, 4.69) is 0 Å². The number of aryl methyl sites for hydroxylation is 1. The Balaban J connectivity index is 1.70. The number of sulfonamides is 1. The van der Waals surface area contributed by atoms with Crippen LogP contribution in [0.2, 0.25) is 5.02 Å². The van der Waals surface area contributed by atoms with Crippen LogP contribution in [0.1, 0.15) is 35.2 Å². The Labute approximate surface area is 164 Å². The van der Waals surface area contributed by atoms with E-state index in [-0.39, 0.29) is 15.8 Å². The van der Waals surface area contributed by atoms with Gasteiger partial charge in [0.25, 0.3) is 5.91 Å². The van der Waals surface area contributed by atoms with Crippen molar-refractivity contribution in [2.24, 2.45) is 0 Å². The molecule has 1 saturated heterocycles. The molecule has 0 N–H and O–H groups in total. The summed E-state index contributed by atoms with van der Waals surface area (Å²) in [6.45, 7) is 1.61. The standard InChI is InChI=1S/C20H21ClN2O3S/c21-17-10-9-16(14-19(17)27(25,26)22-11-3-4-12-22)20(24)23-13-5-7-15-6-1-2-8-18(15)23/h1-2,6,8-10,14H,3-5,7,11-13H2. The lowest BCUT2D eigenvalue weighted by molar-refractivity contribution is 0.0985. The van der Waals surface area contributed by atoms with Crippen LogP contribution in [0, 0.1) is 0 Å². The van der Waals surface area contributed by atoms with E-state index in [1.54, 1.807) is 11.0 Å². The van der Waals surface area contributed by atoms with Crippen molar-refractivity contribution in [1.82, 2.24) is 4.31 Å². The van der Waals surface area contributed by atoms with Gasteiger partial charge >= 0.3 is 0 Å².